The van der Waals surface area contributed by atoms with Crippen molar-refractivity contribution in [1.82, 2.24) is 0 Å². The minimum absolute atomic E-state index is 0.00245. The molecule has 0 unspecified atom stereocenters. The zero-order valence-electron chi connectivity index (χ0n) is 16.3. The van der Waals surface area contributed by atoms with Crippen molar-refractivity contribution in [3.63, 3.8) is 0 Å². The molecule has 0 saturated carbocycles. The Labute approximate surface area is 178 Å². The zero-order valence-corrected chi connectivity index (χ0v) is 16.3. The Kier molecular flexibility index (Phi) is 6.58. The smallest absolute Gasteiger partial charge is 0.403 e. The van der Waals surface area contributed by atoms with E-state index in [2.05, 4.69) is 16.6 Å². The van der Waals surface area contributed by atoms with Crippen LogP contribution in [0.3, 0.4) is 0 Å². The Bertz CT molecular complexity index is 1230. The second kappa shape index (κ2) is 9.18. The third-order valence-electron chi connectivity index (χ3n) is 4.22. The lowest BCUT2D eigenvalue weighted by molar-refractivity contribution is -0.275. The molecule has 0 spiro atoms. The van der Waals surface area contributed by atoms with Crippen molar-refractivity contribution >= 4 is 11.7 Å². The zero-order chi connectivity index (χ0) is 23.5. The normalized spacial score (nSPS) is 12.0. The van der Waals surface area contributed by atoms with Crippen molar-refractivity contribution < 1.29 is 35.5 Å². The summed E-state index contributed by atoms with van der Waals surface area (Å²) in [6, 6.07) is 11.5. The van der Waals surface area contributed by atoms with Crippen LogP contribution in [-0.4, -0.2) is 6.36 Å². The predicted octanol–water partition coefficient (Wildman–Crippen LogP) is 7.34. The molecule has 0 saturated heterocycles. The molecule has 0 radical (unpaired) electrons. The first kappa shape index (κ1) is 22.9. The van der Waals surface area contributed by atoms with Gasteiger partial charge in [-0.15, -0.1) is 13.2 Å². The van der Waals surface area contributed by atoms with E-state index in [4.69, 9.17) is 0 Å². The lowest BCUT2D eigenvalue weighted by Gasteiger charge is -2.09. The van der Waals surface area contributed by atoms with E-state index in [1.54, 1.807) is 19.1 Å². The van der Waals surface area contributed by atoms with Gasteiger partial charge >= 0.3 is 6.36 Å². The first-order valence-electron chi connectivity index (χ1n) is 9.03. The monoisotopic (exact) mass is 450 g/mol. The number of ether oxygens (including phenoxy) is 1. The molecular weight excluding hydrogens is 437 g/mol. The molecule has 0 amide bonds. The summed E-state index contributed by atoms with van der Waals surface area (Å²) < 4.78 is 96.9. The van der Waals surface area contributed by atoms with Crippen molar-refractivity contribution in [3.05, 3.63) is 100 Å². The number of rotatable bonds is 3. The van der Waals surface area contributed by atoms with Crippen LogP contribution in [0.1, 0.15) is 27.8 Å². The van der Waals surface area contributed by atoms with Crippen LogP contribution in [0.15, 0.2) is 60.7 Å². The third kappa shape index (κ3) is 5.70. The number of benzene rings is 3. The van der Waals surface area contributed by atoms with Crippen molar-refractivity contribution in [2.75, 3.05) is 0 Å². The highest BCUT2D eigenvalue weighted by molar-refractivity contribution is 5.83. The van der Waals surface area contributed by atoms with Gasteiger partial charge in [-0.3, -0.25) is 0 Å². The van der Waals surface area contributed by atoms with Crippen LogP contribution in [0.25, 0.3) is 11.7 Å². The molecule has 0 aliphatic carbocycles. The largest absolute Gasteiger partial charge is 0.573 e. The fourth-order valence-electron chi connectivity index (χ4n) is 2.63. The van der Waals surface area contributed by atoms with Gasteiger partial charge in [-0.2, -0.15) is 0 Å². The van der Waals surface area contributed by atoms with Gasteiger partial charge < -0.3 is 4.74 Å². The summed E-state index contributed by atoms with van der Waals surface area (Å²) in [6.45, 7) is 1.79. The second-order valence-electron chi connectivity index (χ2n) is 6.63. The van der Waals surface area contributed by atoms with Crippen LogP contribution in [0.5, 0.6) is 5.75 Å². The van der Waals surface area contributed by atoms with Crippen molar-refractivity contribution in [1.29, 1.82) is 0 Å². The van der Waals surface area contributed by atoms with Crippen LogP contribution in [0.2, 0.25) is 0 Å². The number of hydrogen-bond acceptors (Lipinski definition) is 1. The molecule has 1 nitrogen and oxygen atoms in total. The molecular formula is C24H13F7O. The Morgan fingerprint density at radius 1 is 0.750 bits per heavy atom. The van der Waals surface area contributed by atoms with Crippen LogP contribution in [-0.2, 0) is 0 Å². The average Bonchev–Trinajstić information content (AvgIpc) is 2.73. The summed E-state index contributed by atoms with van der Waals surface area (Å²) in [7, 11) is 0. The average molecular weight is 450 g/mol. The molecule has 3 aromatic carbocycles. The van der Waals surface area contributed by atoms with Crippen molar-refractivity contribution in [2.45, 2.75) is 13.3 Å². The van der Waals surface area contributed by atoms with Crippen LogP contribution < -0.4 is 4.74 Å². The number of halogens is 7. The van der Waals surface area contributed by atoms with E-state index in [0.29, 0.717) is 6.07 Å². The molecule has 0 fully saturated rings. The predicted molar refractivity (Wildman–Crippen MR) is 106 cm³/mol. The highest BCUT2D eigenvalue weighted by Crippen LogP contribution is 2.30. The Balaban J connectivity index is 1.84. The highest BCUT2D eigenvalue weighted by atomic mass is 19.4. The Hall–Kier alpha value is -3.73. The molecule has 0 atom stereocenters. The van der Waals surface area contributed by atoms with E-state index >= 15 is 0 Å². The lowest BCUT2D eigenvalue weighted by Crippen LogP contribution is -2.17. The molecule has 3 aromatic rings. The summed E-state index contributed by atoms with van der Waals surface area (Å²) in [5, 5.41) is 0. The summed E-state index contributed by atoms with van der Waals surface area (Å²) in [5.74, 6) is -0.941. The maximum Gasteiger partial charge on any atom is 0.573 e. The van der Waals surface area contributed by atoms with E-state index in [0.717, 1.165) is 35.9 Å². The number of alkyl halides is 3. The maximum absolute atomic E-state index is 14.4. The van der Waals surface area contributed by atoms with Gasteiger partial charge in [-0.05, 0) is 37.3 Å². The van der Waals surface area contributed by atoms with Gasteiger partial charge in [0.05, 0.1) is 5.56 Å². The summed E-state index contributed by atoms with van der Waals surface area (Å²) in [6.07, 6.45) is -5.05. The SMILES string of the molecule is Cc1ccc(/C(F)=C(\F)c2ccc(C#Cc3ccc(OC(F)(F)F)c(F)c3)c(F)c2)cc1. The van der Waals surface area contributed by atoms with Crippen LogP contribution >= 0.6 is 0 Å². The van der Waals surface area contributed by atoms with Crippen molar-refractivity contribution in [2.24, 2.45) is 0 Å². The first-order chi connectivity index (χ1) is 15.0. The minimum Gasteiger partial charge on any atom is -0.403 e. The van der Waals surface area contributed by atoms with Crippen molar-refractivity contribution in [3.8, 4) is 17.6 Å². The molecule has 8 heteroatoms. The van der Waals surface area contributed by atoms with Gasteiger partial charge in [0.25, 0.3) is 0 Å². The molecule has 164 valence electrons. The third-order valence-corrected chi connectivity index (χ3v) is 4.22. The maximum atomic E-state index is 14.4. The Morgan fingerprint density at radius 2 is 1.38 bits per heavy atom. The lowest BCUT2D eigenvalue weighted by atomic mass is 10.1. The van der Waals surface area contributed by atoms with Gasteiger partial charge in [0.1, 0.15) is 5.82 Å². The fraction of sp³-hybridized carbons (Fsp3) is 0.0833. The Morgan fingerprint density at radius 3 is 1.97 bits per heavy atom. The van der Waals surface area contributed by atoms with E-state index in [1.807, 2.05) is 0 Å². The van der Waals surface area contributed by atoms with E-state index in [1.165, 1.54) is 12.1 Å². The second-order valence-corrected chi connectivity index (χ2v) is 6.63. The van der Waals surface area contributed by atoms with Crippen LogP contribution in [0.4, 0.5) is 30.7 Å². The first-order valence-corrected chi connectivity index (χ1v) is 9.03. The minimum atomic E-state index is -5.05. The van der Waals surface area contributed by atoms with E-state index in [-0.39, 0.29) is 22.3 Å². The molecule has 32 heavy (non-hydrogen) atoms. The van der Waals surface area contributed by atoms with Crippen LogP contribution in [0, 0.1) is 30.4 Å². The topological polar surface area (TPSA) is 9.23 Å². The molecule has 0 bridgehead atoms. The highest BCUT2D eigenvalue weighted by Gasteiger charge is 2.32. The molecule has 0 heterocycles. The number of hydrogen-bond donors (Lipinski definition) is 0. The molecule has 0 aliphatic rings. The van der Waals surface area contributed by atoms with Gasteiger partial charge in [-0.1, -0.05) is 47.7 Å². The quantitative estimate of drug-likeness (QED) is 0.231. The summed E-state index contributed by atoms with van der Waals surface area (Å²) in [4.78, 5) is 0. The molecule has 0 N–H and O–H groups in total. The van der Waals surface area contributed by atoms with Gasteiger partial charge in [0.2, 0.25) is 0 Å². The van der Waals surface area contributed by atoms with Gasteiger partial charge in [-0.25, -0.2) is 17.6 Å². The molecule has 3 rings (SSSR count). The summed E-state index contributed by atoms with van der Waals surface area (Å²) in [5.41, 5.74) is 0.270. The van der Waals surface area contributed by atoms with Gasteiger partial charge in [0, 0.05) is 16.7 Å². The van der Waals surface area contributed by atoms with E-state index < -0.39 is 35.4 Å². The van der Waals surface area contributed by atoms with Gasteiger partial charge in [0.15, 0.2) is 23.2 Å². The van der Waals surface area contributed by atoms with E-state index in [9.17, 15) is 30.7 Å². The molecule has 0 aromatic heterocycles. The fourth-order valence-corrected chi connectivity index (χ4v) is 2.63. The number of aryl methyl sites for hydroxylation is 1. The standard InChI is InChI=1S/C24H13F7O/c1-14-2-6-17(7-3-14)22(27)23(28)18-10-9-16(19(25)13-18)8-4-15-5-11-21(20(26)12-15)32-24(29,30)31/h2-3,5-7,9-13H,1H3/b23-22+. The molecule has 0 aliphatic heterocycles. The summed E-state index contributed by atoms with van der Waals surface area (Å²) >= 11 is 0.